The van der Waals surface area contributed by atoms with Crippen LogP contribution in [0, 0.1) is 5.92 Å². The minimum absolute atomic E-state index is 0.0110. The van der Waals surface area contributed by atoms with Crippen molar-refractivity contribution in [2.45, 2.75) is 32.3 Å². The van der Waals surface area contributed by atoms with Gasteiger partial charge in [-0.15, -0.1) is 0 Å². The van der Waals surface area contributed by atoms with Crippen LogP contribution in [0.25, 0.3) is 0 Å². The molecule has 0 unspecified atom stereocenters. The van der Waals surface area contributed by atoms with E-state index in [0.717, 1.165) is 9.87 Å². The maximum absolute atomic E-state index is 12.7. The van der Waals surface area contributed by atoms with Crippen LogP contribution in [-0.4, -0.2) is 67.7 Å². The fourth-order valence-electron chi connectivity index (χ4n) is 2.90. The van der Waals surface area contributed by atoms with Gasteiger partial charge in [0, 0.05) is 38.7 Å². The van der Waals surface area contributed by atoms with E-state index >= 15 is 0 Å². The summed E-state index contributed by atoms with van der Waals surface area (Å²) < 4.78 is 25.2. The summed E-state index contributed by atoms with van der Waals surface area (Å²) in [4.78, 5) is 14.2. The van der Waals surface area contributed by atoms with E-state index in [-0.39, 0.29) is 30.2 Å². The van der Waals surface area contributed by atoms with Gasteiger partial charge in [-0.25, -0.2) is 12.7 Å². The third kappa shape index (κ3) is 4.59. The standard InChI is InChI=1S/C18H28N2O4S/c1-18(2,3)15-8-6-13(7-9-15)17(22)20-10-14(16(21)11-20)12-25(23,24)19(4)5/h6-9,14,16,21H,10-12H2,1-5H3/t14-,16-/m0/s1. The van der Waals surface area contributed by atoms with Crippen molar-refractivity contribution in [2.24, 2.45) is 5.92 Å². The van der Waals surface area contributed by atoms with Crippen LogP contribution in [0.15, 0.2) is 24.3 Å². The molecule has 25 heavy (non-hydrogen) atoms. The van der Waals surface area contributed by atoms with Crippen LogP contribution in [-0.2, 0) is 15.4 Å². The number of nitrogens with zero attached hydrogens (tertiary/aromatic N) is 2. The highest BCUT2D eigenvalue weighted by Crippen LogP contribution is 2.25. The van der Waals surface area contributed by atoms with Gasteiger partial charge in [0.05, 0.1) is 11.9 Å². The van der Waals surface area contributed by atoms with Gasteiger partial charge in [-0.1, -0.05) is 32.9 Å². The van der Waals surface area contributed by atoms with Gasteiger partial charge in [-0.3, -0.25) is 4.79 Å². The first-order chi connectivity index (χ1) is 11.4. The summed E-state index contributed by atoms with van der Waals surface area (Å²) in [5, 5.41) is 10.2. The number of amides is 1. The lowest BCUT2D eigenvalue weighted by atomic mass is 9.86. The number of aliphatic hydroxyl groups excluding tert-OH is 1. The van der Waals surface area contributed by atoms with E-state index in [4.69, 9.17) is 0 Å². The zero-order chi connectivity index (χ0) is 19.0. The lowest BCUT2D eigenvalue weighted by Gasteiger charge is -2.20. The third-order valence-electron chi connectivity index (χ3n) is 4.67. The van der Waals surface area contributed by atoms with E-state index < -0.39 is 22.0 Å². The predicted molar refractivity (Wildman–Crippen MR) is 98.0 cm³/mol. The van der Waals surface area contributed by atoms with Gasteiger partial charge in [0.1, 0.15) is 0 Å². The van der Waals surface area contributed by atoms with Crippen LogP contribution < -0.4 is 0 Å². The molecule has 1 aliphatic heterocycles. The van der Waals surface area contributed by atoms with Crippen molar-refractivity contribution >= 4 is 15.9 Å². The Balaban J connectivity index is 2.09. The number of aliphatic hydroxyl groups is 1. The van der Waals surface area contributed by atoms with Crippen molar-refractivity contribution in [3.63, 3.8) is 0 Å². The summed E-state index contributed by atoms with van der Waals surface area (Å²) in [6, 6.07) is 7.46. The van der Waals surface area contributed by atoms with Crippen molar-refractivity contribution in [1.82, 2.24) is 9.21 Å². The summed E-state index contributed by atoms with van der Waals surface area (Å²) in [5.41, 5.74) is 1.70. The molecule has 1 aliphatic rings. The van der Waals surface area contributed by atoms with E-state index in [9.17, 15) is 18.3 Å². The monoisotopic (exact) mass is 368 g/mol. The van der Waals surface area contributed by atoms with Crippen molar-refractivity contribution in [3.8, 4) is 0 Å². The molecule has 0 aliphatic carbocycles. The predicted octanol–water partition coefficient (Wildman–Crippen LogP) is 1.31. The largest absolute Gasteiger partial charge is 0.391 e. The van der Waals surface area contributed by atoms with Crippen LogP contribution >= 0.6 is 0 Å². The fraction of sp³-hybridized carbons (Fsp3) is 0.611. The average Bonchev–Trinajstić information content (AvgIpc) is 2.86. The zero-order valence-corrected chi connectivity index (χ0v) is 16.4. The van der Waals surface area contributed by atoms with Gasteiger partial charge >= 0.3 is 0 Å². The number of carbonyl (C=O) groups is 1. The van der Waals surface area contributed by atoms with Crippen LogP contribution in [0.5, 0.6) is 0 Å². The van der Waals surface area contributed by atoms with Gasteiger partial charge in [0.25, 0.3) is 5.91 Å². The van der Waals surface area contributed by atoms with Gasteiger partial charge < -0.3 is 10.0 Å². The van der Waals surface area contributed by atoms with Crippen LogP contribution in [0.2, 0.25) is 0 Å². The Bertz CT molecular complexity index is 720. The van der Waals surface area contributed by atoms with E-state index in [1.807, 2.05) is 12.1 Å². The molecule has 6 nitrogen and oxygen atoms in total. The number of hydrogen-bond acceptors (Lipinski definition) is 4. The number of likely N-dealkylation sites (tertiary alicyclic amines) is 1. The molecule has 1 aromatic rings. The molecule has 1 amide bonds. The molecule has 1 heterocycles. The quantitative estimate of drug-likeness (QED) is 0.869. The minimum atomic E-state index is -3.41. The molecule has 1 fully saturated rings. The second kappa shape index (κ2) is 7.05. The Morgan fingerprint density at radius 3 is 2.24 bits per heavy atom. The molecular weight excluding hydrogens is 340 g/mol. The normalized spacial score (nSPS) is 21.8. The summed E-state index contributed by atoms with van der Waals surface area (Å²) in [6.07, 6.45) is -0.826. The van der Waals surface area contributed by atoms with Gasteiger partial charge in [0.2, 0.25) is 10.0 Å². The highest BCUT2D eigenvalue weighted by molar-refractivity contribution is 7.89. The summed E-state index contributed by atoms with van der Waals surface area (Å²) in [5.74, 6) is -0.803. The van der Waals surface area contributed by atoms with Gasteiger partial charge in [0.15, 0.2) is 0 Å². The topological polar surface area (TPSA) is 77.9 Å². The number of rotatable bonds is 4. The van der Waals surface area contributed by atoms with Gasteiger partial charge in [-0.2, -0.15) is 0 Å². The van der Waals surface area contributed by atoms with Crippen molar-refractivity contribution in [1.29, 1.82) is 0 Å². The molecule has 1 N–H and O–H groups in total. The summed E-state index contributed by atoms with van der Waals surface area (Å²) in [6.45, 7) is 6.73. The van der Waals surface area contributed by atoms with Crippen LogP contribution in [0.1, 0.15) is 36.7 Å². The number of sulfonamides is 1. The Morgan fingerprint density at radius 2 is 1.76 bits per heavy atom. The maximum Gasteiger partial charge on any atom is 0.253 e. The molecule has 0 radical (unpaired) electrons. The molecule has 0 bridgehead atoms. The molecule has 2 atom stereocenters. The van der Waals surface area contributed by atoms with E-state index in [1.165, 1.54) is 19.0 Å². The number of benzene rings is 1. The summed E-state index contributed by atoms with van der Waals surface area (Å²) in [7, 11) is -0.478. The molecule has 1 aromatic carbocycles. The summed E-state index contributed by atoms with van der Waals surface area (Å²) >= 11 is 0. The molecular formula is C18H28N2O4S. The molecule has 0 aromatic heterocycles. The Hall–Kier alpha value is -1.44. The second-order valence-corrected chi connectivity index (χ2v) is 10.2. The fourth-order valence-corrected chi connectivity index (χ4v) is 4.07. The van der Waals surface area contributed by atoms with Crippen LogP contribution in [0.4, 0.5) is 0 Å². The Kier molecular flexibility index (Phi) is 5.61. The average molecular weight is 368 g/mol. The third-order valence-corrected chi connectivity index (χ3v) is 6.63. The van der Waals surface area contributed by atoms with Crippen molar-refractivity contribution < 1.29 is 18.3 Å². The SMILES string of the molecule is CN(C)S(=O)(=O)C[C@@H]1CN(C(=O)c2ccc(C(C)(C)C)cc2)C[C@@H]1O. The molecule has 0 saturated carbocycles. The smallest absolute Gasteiger partial charge is 0.253 e. The number of hydrogen-bond donors (Lipinski definition) is 1. The Labute approximate surface area is 150 Å². The first kappa shape index (κ1) is 19.9. The second-order valence-electron chi connectivity index (χ2n) is 7.93. The molecule has 0 spiro atoms. The highest BCUT2D eigenvalue weighted by Gasteiger charge is 2.37. The first-order valence-corrected chi connectivity index (χ1v) is 10.0. The van der Waals surface area contributed by atoms with Crippen molar-refractivity contribution in [2.75, 3.05) is 32.9 Å². The minimum Gasteiger partial charge on any atom is -0.391 e. The number of carbonyl (C=O) groups excluding carboxylic acids is 1. The van der Waals surface area contributed by atoms with Gasteiger partial charge in [-0.05, 0) is 23.1 Å². The zero-order valence-electron chi connectivity index (χ0n) is 15.6. The van der Waals surface area contributed by atoms with E-state index in [1.54, 1.807) is 12.1 Å². The van der Waals surface area contributed by atoms with Crippen LogP contribution in [0.3, 0.4) is 0 Å². The lowest BCUT2D eigenvalue weighted by Crippen LogP contribution is -2.33. The molecule has 7 heteroatoms. The lowest BCUT2D eigenvalue weighted by molar-refractivity contribution is 0.0764. The van der Waals surface area contributed by atoms with E-state index in [0.29, 0.717) is 5.56 Å². The number of β-amino-alcohol motifs (C(OH)–C–C–N with tert-alkyl or cyclic N) is 1. The highest BCUT2D eigenvalue weighted by atomic mass is 32.2. The first-order valence-electron chi connectivity index (χ1n) is 8.40. The van der Waals surface area contributed by atoms with E-state index in [2.05, 4.69) is 20.8 Å². The van der Waals surface area contributed by atoms with Crippen molar-refractivity contribution in [3.05, 3.63) is 35.4 Å². The molecule has 140 valence electrons. The maximum atomic E-state index is 12.7. The molecule has 1 saturated heterocycles. The Morgan fingerprint density at radius 1 is 1.20 bits per heavy atom. The molecule has 2 rings (SSSR count).